The van der Waals surface area contributed by atoms with Crippen molar-refractivity contribution in [2.75, 3.05) is 6.54 Å². The van der Waals surface area contributed by atoms with Gasteiger partial charge in [-0.15, -0.1) is 0 Å². The predicted molar refractivity (Wildman–Crippen MR) is 92.9 cm³/mol. The van der Waals surface area contributed by atoms with Crippen LogP contribution in [0.1, 0.15) is 76.3 Å². The maximum atomic E-state index is 3.87. The van der Waals surface area contributed by atoms with Gasteiger partial charge >= 0.3 is 0 Å². The highest BCUT2D eigenvalue weighted by Crippen LogP contribution is 2.39. The van der Waals surface area contributed by atoms with Gasteiger partial charge in [-0.3, -0.25) is 0 Å². The van der Waals surface area contributed by atoms with Crippen molar-refractivity contribution in [2.24, 2.45) is 5.92 Å². The van der Waals surface area contributed by atoms with E-state index in [1.54, 1.807) is 11.1 Å². The van der Waals surface area contributed by atoms with E-state index >= 15 is 0 Å². The van der Waals surface area contributed by atoms with Gasteiger partial charge < -0.3 is 5.32 Å². The van der Waals surface area contributed by atoms with Gasteiger partial charge in [0.1, 0.15) is 0 Å². The van der Waals surface area contributed by atoms with Crippen LogP contribution in [0, 0.1) is 5.92 Å². The van der Waals surface area contributed by atoms with Gasteiger partial charge in [0.05, 0.1) is 0 Å². The molecule has 0 saturated heterocycles. The Morgan fingerprint density at radius 3 is 2.38 bits per heavy atom. The Morgan fingerprint density at radius 1 is 1.05 bits per heavy atom. The zero-order valence-electron chi connectivity index (χ0n) is 14.2. The first-order valence-corrected chi connectivity index (χ1v) is 9.11. The van der Waals surface area contributed by atoms with Crippen molar-refractivity contribution in [3.05, 3.63) is 35.4 Å². The van der Waals surface area contributed by atoms with Gasteiger partial charge in [0.15, 0.2) is 0 Å². The molecule has 1 aromatic rings. The summed E-state index contributed by atoms with van der Waals surface area (Å²) in [5.74, 6) is 1.66. The zero-order valence-corrected chi connectivity index (χ0v) is 14.2. The molecule has 1 N–H and O–H groups in total. The van der Waals surface area contributed by atoms with Crippen molar-refractivity contribution in [3.8, 4) is 0 Å². The van der Waals surface area contributed by atoms with Crippen LogP contribution in [0.4, 0.5) is 0 Å². The van der Waals surface area contributed by atoms with Crippen LogP contribution in [0.3, 0.4) is 0 Å². The van der Waals surface area contributed by atoms with E-state index in [1.807, 2.05) is 0 Å². The predicted octanol–water partition coefficient (Wildman–Crippen LogP) is 5.30. The van der Waals surface area contributed by atoms with E-state index in [1.165, 1.54) is 51.5 Å². The summed E-state index contributed by atoms with van der Waals surface area (Å²) < 4.78 is 0. The Hall–Kier alpha value is -0.820. The van der Waals surface area contributed by atoms with Crippen molar-refractivity contribution in [3.63, 3.8) is 0 Å². The monoisotopic (exact) mass is 287 g/mol. The van der Waals surface area contributed by atoms with Gasteiger partial charge in [0.25, 0.3) is 0 Å². The molecule has 0 radical (unpaired) electrons. The van der Waals surface area contributed by atoms with Crippen LogP contribution < -0.4 is 5.32 Å². The Bertz CT molecular complexity index is 406. The second-order valence-corrected chi connectivity index (χ2v) is 6.73. The lowest BCUT2D eigenvalue weighted by Crippen LogP contribution is -2.39. The Balaban J connectivity index is 1.99. The van der Waals surface area contributed by atoms with E-state index in [-0.39, 0.29) is 0 Å². The molecule has 1 nitrogen and oxygen atoms in total. The highest BCUT2D eigenvalue weighted by Gasteiger charge is 2.30. The smallest absolute Gasteiger partial charge is 0.0101 e. The molecule has 0 heterocycles. The fourth-order valence-electron chi connectivity index (χ4n) is 3.94. The molecular formula is C20H33N. The first-order valence-electron chi connectivity index (χ1n) is 9.11. The van der Waals surface area contributed by atoms with Crippen LogP contribution in [0.2, 0.25) is 0 Å². The summed E-state index contributed by atoms with van der Waals surface area (Å²) in [5.41, 5.74) is 3.20. The van der Waals surface area contributed by atoms with Crippen molar-refractivity contribution in [1.29, 1.82) is 0 Å². The molecule has 0 saturated carbocycles. The first kappa shape index (κ1) is 16.5. The molecule has 0 aliphatic heterocycles. The summed E-state index contributed by atoms with van der Waals surface area (Å²) in [6, 6.07) is 9.74. The van der Waals surface area contributed by atoms with E-state index in [2.05, 4.69) is 50.4 Å². The first-order chi connectivity index (χ1) is 10.3. The zero-order chi connectivity index (χ0) is 15.1. The van der Waals surface area contributed by atoms with Gasteiger partial charge in [-0.05, 0) is 61.6 Å². The molecule has 0 fully saturated rings. The third kappa shape index (κ3) is 4.32. The van der Waals surface area contributed by atoms with E-state index < -0.39 is 0 Å². The molecule has 1 aliphatic rings. The number of rotatable bonds is 10. The minimum Gasteiger partial charge on any atom is -0.314 e. The summed E-state index contributed by atoms with van der Waals surface area (Å²) >= 11 is 0. The SMILES string of the molecule is CCCNC(CC1Cc2ccccc21)C(CCC)CCC. The molecule has 0 bridgehead atoms. The van der Waals surface area contributed by atoms with Crippen molar-refractivity contribution in [1.82, 2.24) is 5.32 Å². The highest BCUT2D eigenvalue weighted by molar-refractivity contribution is 5.39. The summed E-state index contributed by atoms with van der Waals surface area (Å²) in [7, 11) is 0. The lowest BCUT2D eigenvalue weighted by Gasteiger charge is -2.36. The Labute approximate surface area is 131 Å². The van der Waals surface area contributed by atoms with Gasteiger partial charge in [0, 0.05) is 6.04 Å². The van der Waals surface area contributed by atoms with Crippen LogP contribution >= 0.6 is 0 Å². The highest BCUT2D eigenvalue weighted by atomic mass is 14.9. The van der Waals surface area contributed by atoms with Gasteiger partial charge in [-0.2, -0.15) is 0 Å². The normalized spacial score (nSPS) is 18.4. The Kier molecular flexibility index (Phi) is 6.76. The maximum Gasteiger partial charge on any atom is 0.0101 e. The quantitative estimate of drug-likeness (QED) is 0.615. The summed E-state index contributed by atoms with van der Waals surface area (Å²) in [4.78, 5) is 0. The largest absolute Gasteiger partial charge is 0.314 e. The van der Waals surface area contributed by atoms with Gasteiger partial charge in [-0.1, -0.05) is 57.9 Å². The van der Waals surface area contributed by atoms with Crippen LogP contribution in [-0.4, -0.2) is 12.6 Å². The molecule has 1 heteroatoms. The number of hydrogen-bond donors (Lipinski definition) is 1. The second-order valence-electron chi connectivity index (χ2n) is 6.73. The van der Waals surface area contributed by atoms with Crippen LogP contribution in [0.25, 0.3) is 0 Å². The summed E-state index contributed by atoms with van der Waals surface area (Å²) in [5, 5.41) is 3.87. The third-order valence-corrected chi connectivity index (χ3v) is 5.04. The molecule has 118 valence electrons. The van der Waals surface area contributed by atoms with E-state index in [0.29, 0.717) is 6.04 Å². The Morgan fingerprint density at radius 2 is 1.76 bits per heavy atom. The average Bonchev–Trinajstić information content (AvgIpc) is 2.48. The van der Waals surface area contributed by atoms with E-state index in [0.717, 1.165) is 11.8 Å². The standard InChI is InChI=1S/C20H33N/c1-4-9-16(10-5-2)20(21-13-6-3)15-18-14-17-11-7-8-12-19(17)18/h7-8,11-12,16,18,20-21H,4-6,9-10,13-15H2,1-3H3. The minimum absolute atomic E-state index is 0.711. The van der Waals surface area contributed by atoms with Gasteiger partial charge in [-0.25, -0.2) is 0 Å². The summed E-state index contributed by atoms with van der Waals surface area (Å²) in [6.45, 7) is 8.11. The number of hydrogen-bond acceptors (Lipinski definition) is 1. The fraction of sp³-hybridized carbons (Fsp3) is 0.700. The van der Waals surface area contributed by atoms with Crippen molar-refractivity contribution in [2.45, 2.75) is 77.7 Å². The molecule has 21 heavy (non-hydrogen) atoms. The lowest BCUT2D eigenvalue weighted by molar-refractivity contribution is 0.276. The number of nitrogens with one attached hydrogen (secondary N) is 1. The maximum absolute atomic E-state index is 3.87. The molecule has 2 atom stereocenters. The molecule has 0 amide bonds. The van der Waals surface area contributed by atoms with Gasteiger partial charge in [0.2, 0.25) is 0 Å². The molecule has 2 rings (SSSR count). The van der Waals surface area contributed by atoms with Crippen molar-refractivity contribution < 1.29 is 0 Å². The van der Waals surface area contributed by atoms with Crippen LogP contribution in [0.15, 0.2) is 24.3 Å². The molecule has 1 aromatic carbocycles. The topological polar surface area (TPSA) is 12.0 Å². The second kappa shape index (κ2) is 8.58. The fourth-order valence-corrected chi connectivity index (χ4v) is 3.94. The third-order valence-electron chi connectivity index (χ3n) is 5.04. The van der Waals surface area contributed by atoms with E-state index in [9.17, 15) is 0 Å². The number of benzene rings is 1. The minimum atomic E-state index is 0.711. The molecule has 1 aliphatic carbocycles. The van der Waals surface area contributed by atoms with E-state index in [4.69, 9.17) is 0 Å². The molecule has 0 spiro atoms. The van der Waals surface area contributed by atoms with Crippen LogP contribution in [0.5, 0.6) is 0 Å². The van der Waals surface area contributed by atoms with Crippen LogP contribution in [-0.2, 0) is 6.42 Å². The molecule has 0 aromatic heterocycles. The average molecular weight is 287 g/mol. The van der Waals surface area contributed by atoms with Crippen molar-refractivity contribution >= 4 is 0 Å². The molecular weight excluding hydrogens is 254 g/mol. The lowest BCUT2D eigenvalue weighted by atomic mass is 9.72. The summed E-state index contributed by atoms with van der Waals surface area (Å²) in [6.07, 6.45) is 9.26. The molecule has 2 unspecified atom stereocenters. The number of fused-ring (bicyclic) bond motifs is 1.